The van der Waals surface area contributed by atoms with Crippen LogP contribution in [0.1, 0.15) is 88.7 Å². The molecule has 7 atom stereocenters. The van der Waals surface area contributed by atoms with Crippen molar-refractivity contribution in [1.82, 2.24) is 0 Å². The number of fused-ring (bicyclic) bond motifs is 2. The first kappa shape index (κ1) is 26.2. The number of phenolic OH excluding ortho intramolecular Hbond substituents is 1. The van der Waals surface area contributed by atoms with Gasteiger partial charge in [-0.05, 0) is 93.2 Å². The molecule has 2 heterocycles. The first-order chi connectivity index (χ1) is 17.7. The van der Waals surface area contributed by atoms with Crippen LogP contribution in [0.25, 0.3) is 0 Å². The first-order valence-electron chi connectivity index (χ1n) is 14.7. The van der Waals surface area contributed by atoms with Crippen molar-refractivity contribution < 1.29 is 24.1 Å². The molecule has 200 valence electrons. The summed E-state index contributed by atoms with van der Waals surface area (Å²) >= 11 is 0. The molecule has 1 saturated carbocycles. The predicted octanol–water partition coefficient (Wildman–Crippen LogP) is 6.70. The zero-order chi connectivity index (χ0) is 24.7. The van der Waals surface area contributed by atoms with E-state index in [1.165, 1.54) is 37.7 Å². The lowest BCUT2D eigenvalue weighted by atomic mass is 9.74. The Bertz CT molecular complexity index is 841. The van der Waals surface area contributed by atoms with Crippen LogP contribution in [0.5, 0.6) is 5.75 Å². The highest BCUT2D eigenvalue weighted by Gasteiger charge is 2.46. The summed E-state index contributed by atoms with van der Waals surface area (Å²) in [5.74, 6) is 1.83. The van der Waals surface area contributed by atoms with Crippen LogP contribution in [-0.2, 0) is 31.8 Å². The number of hydrogen-bond acceptors (Lipinski definition) is 5. The molecule has 0 spiro atoms. The van der Waals surface area contributed by atoms with E-state index in [-0.39, 0.29) is 24.8 Å². The van der Waals surface area contributed by atoms with E-state index < -0.39 is 0 Å². The standard InChI is InChI=1S/C31H46O5/c1-2-3-4-11-24(35-30-13-5-7-17-33-30)15-16-25-26-19-22-10-9-12-28(32)27(22)20-23(26)21-29(25)36-31-14-6-8-18-34-31/h9-10,12,15-16,23-26,29-32H,2-8,11,13-14,17-21H2,1H3/b16-15+/t23-,24-,25+,26-,29+,30+,31-/m0/s1. The molecular formula is C31H46O5. The Hall–Kier alpha value is -1.40. The molecule has 0 unspecified atom stereocenters. The van der Waals surface area contributed by atoms with Gasteiger partial charge in [-0.15, -0.1) is 0 Å². The van der Waals surface area contributed by atoms with Crippen LogP contribution >= 0.6 is 0 Å². The summed E-state index contributed by atoms with van der Waals surface area (Å²) in [6.45, 7) is 3.87. The third kappa shape index (κ3) is 6.53. The number of benzene rings is 1. The highest BCUT2D eigenvalue weighted by atomic mass is 16.7. The average molecular weight is 499 g/mol. The molecule has 0 radical (unpaired) electrons. The summed E-state index contributed by atoms with van der Waals surface area (Å²) < 4.78 is 25.1. The zero-order valence-electron chi connectivity index (χ0n) is 22.1. The van der Waals surface area contributed by atoms with Crippen LogP contribution in [0.3, 0.4) is 0 Å². The van der Waals surface area contributed by atoms with Crippen LogP contribution in [-0.4, -0.2) is 43.1 Å². The van der Waals surface area contributed by atoms with Gasteiger partial charge in [0.25, 0.3) is 0 Å². The van der Waals surface area contributed by atoms with Crippen molar-refractivity contribution >= 4 is 0 Å². The van der Waals surface area contributed by atoms with Gasteiger partial charge in [-0.2, -0.15) is 0 Å². The minimum atomic E-state index is -0.0807. The Morgan fingerprint density at radius 3 is 2.58 bits per heavy atom. The maximum Gasteiger partial charge on any atom is 0.158 e. The Kier molecular flexibility index (Phi) is 9.40. The van der Waals surface area contributed by atoms with Crippen molar-refractivity contribution in [3.8, 4) is 5.75 Å². The van der Waals surface area contributed by atoms with Gasteiger partial charge in [-0.1, -0.05) is 50.5 Å². The van der Waals surface area contributed by atoms with Crippen molar-refractivity contribution in [3.63, 3.8) is 0 Å². The second-order valence-corrected chi connectivity index (χ2v) is 11.4. The van der Waals surface area contributed by atoms with Crippen LogP contribution in [0, 0.1) is 17.8 Å². The average Bonchev–Trinajstić information content (AvgIpc) is 3.23. The van der Waals surface area contributed by atoms with Gasteiger partial charge >= 0.3 is 0 Å². The molecule has 5 rings (SSSR count). The lowest BCUT2D eigenvalue weighted by molar-refractivity contribution is -0.193. The number of ether oxygens (including phenoxy) is 4. The monoisotopic (exact) mass is 498 g/mol. The second kappa shape index (κ2) is 12.9. The van der Waals surface area contributed by atoms with Gasteiger partial charge in [0.05, 0.1) is 12.2 Å². The molecule has 2 aliphatic carbocycles. The summed E-state index contributed by atoms with van der Waals surface area (Å²) in [6.07, 6.45) is 19.1. The van der Waals surface area contributed by atoms with Gasteiger partial charge in [-0.3, -0.25) is 0 Å². The van der Waals surface area contributed by atoms with Gasteiger partial charge in [0, 0.05) is 19.1 Å². The maximum atomic E-state index is 10.5. The topological polar surface area (TPSA) is 57.2 Å². The lowest BCUT2D eigenvalue weighted by Crippen LogP contribution is -2.32. The Balaban J connectivity index is 1.33. The minimum Gasteiger partial charge on any atom is -0.508 e. The fourth-order valence-corrected chi connectivity index (χ4v) is 6.82. The van der Waals surface area contributed by atoms with Gasteiger partial charge in [0.1, 0.15) is 5.75 Å². The van der Waals surface area contributed by atoms with E-state index in [4.69, 9.17) is 18.9 Å². The number of hydrogen-bond donors (Lipinski definition) is 1. The fourth-order valence-electron chi connectivity index (χ4n) is 6.82. The smallest absolute Gasteiger partial charge is 0.158 e. The predicted molar refractivity (Wildman–Crippen MR) is 141 cm³/mol. The molecule has 5 heteroatoms. The van der Waals surface area contributed by atoms with E-state index >= 15 is 0 Å². The highest BCUT2D eigenvalue weighted by Crippen LogP contribution is 2.48. The molecule has 0 bridgehead atoms. The third-order valence-electron chi connectivity index (χ3n) is 8.80. The molecule has 3 fully saturated rings. The normalized spacial score (nSPS) is 33.4. The van der Waals surface area contributed by atoms with E-state index in [1.54, 1.807) is 0 Å². The largest absolute Gasteiger partial charge is 0.508 e. The maximum absolute atomic E-state index is 10.5. The summed E-state index contributed by atoms with van der Waals surface area (Å²) in [6, 6.07) is 6.02. The number of aromatic hydroxyl groups is 1. The molecule has 0 aromatic heterocycles. The van der Waals surface area contributed by atoms with Crippen molar-refractivity contribution in [2.45, 2.75) is 115 Å². The van der Waals surface area contributed by atoms with Gasteiger partial charge in [0.2, 0.25) is 0 Å². The Labute approximate surface area is 217 Å². The van der Waals surface area contributed by atoms with Crippen LogP contribution in [0.4, 0.5) is 0 Å². The van der Waals surface area contributed by atoms with E-state index in [0.29, 0.717) is 23.5 Å². The second-order valence-electron chi connectivity index (χ2n) is 11.4. The van der Waals surface area contributed by atoms with E-state index in [2.05, 4.69) is 25.1 Å². The Morgan fingerprint density at radius 1 is 1.03 bits per heavy atom. The molecule has 1 aromatic rings. The lowest BCUT2D eigenvalue weighted by Gasteiger charge is -2.32. The quantitative estimate of drug-likeness (QED) is 0.287. The fraction of sp³-hybridized carbons (Fsp3) is 0.742. The third-order valence-corrected chi connectivity index (χ3v) is 8.80. The molecule has 36 heavy (non-hydrogen) atoms. The number of phenols is 1. The molecule has 4 aliphatic rings. The summed E-state index contributed by atoms with van der Waals surface area (Å²) in [5.41, 5.74) is 2.45. The number of unbranched alkanes of at least 4 members (excludes halogenated alkanes) is 2. The van der Waals surface area contributed by atoms with E-state index in [1.807, 2.05) is 12.1 Å². The van der Waals surface area contributed by atoms with Gasteiger partial charge in [0.15, 0.2) is 12.6 Å². The zero-order valence-corrected chi connectivity index (χ0v) is 22.1. The molecule has 1 aromatic carbocycles. The molecule has 2 saturated heterocycles. The van der Waals surface area contributed by atoms with Crippen molar-refractivity contribution in [2.75, 3.05) is 13.2 Å². The SMILES string of the molecule is CCCCC[C@@H](/C=C/[C@@H]1[C@H]2Cc3cccc(O)c3C[C@H]2C[C@H]1O[C@H]1CCCCO1)O[C@@H]1CCCCO1. The van der Waals surface area contributed by atoms with Gasteiger partial charge in [-0.25, -0.2) is 0 Å². The van der Waals surface area contributed by atoms with Crippen molar-refractivity contribution in [3.05, 3.63) is 41.5 Å². The van der Waals surface area contributed by atoms with Crippen LogP contribution in [0.15, 0.2) is 30.4 Å². The summed E-state index contributed by atoms with van der Waals surface area (Å²) in [5, 5.41) is 10.5. The number of rotatable bonds is 10. The Morgan fingerprint density at radius 2 is 1.83 bits per heavy atom. The molecule has 5 nitrogen and oxygen atoms in total. The molecule has 0 amide bonds. The van der Waals surface area contributed by atoms with Gasteiger partial charge < -0.3 is 24.1 Å². The first-order valence-corrected chi connectivity index (χ1v) is 14.7. The summed E-state index contributed by atoms with van der Waals surface area (Å²) in [4.78, 5) is 0. The van der Waals surface area contributed by atoms with E-state index in [0.717, 1.165) is 70.1 Å². The van der Waals surface area contributed by atoms with Crippen molar-refractivity contribution in [2.24, 2.45) is 17.8 Å². The van der Waals surface area contributed by atoms with Crippen LogP contribution < -0.4 is 0 Å². The molecule has 1 N–H and O–H groups in total. The van der Waals surface area contributed by atoms with E-state index in [9.17, 15) is 5.11 Å². The highest BCUT2D eigenvalue weighted by molar-refractivity contribution is 5.42. The minimum absolute atomic E-state index is 0.0708. The summed E-state index contributed by atoms with van der Waals surface area (Å²) in [7, 11) is 0. The molecular weight excluding hydrogens is 452 g/mol. The van der Waals surface area contributed by atoms with Crippen molar-refractivity contribution in [1.29, 1.82) is 0 Å². The van der Waals surface area contributed by atoms with Crippen LogP contribution in [0.2, 0.25) is 0 Å². The molecule has 2 aliphatic heterocycles.